The minimum atomic E-state index is -0.553. The monoisotopic (exact) mass is 459 g/mol. The van der Waals surface area contributed by atoms with E-state index < -0.39 is 17.8 Å². The lowest BCUT2D eigenvalue weighted by Crippen LogP contribution is -2.26. The van der Waals surface area contributed by atoms with Crippen molar-refractivity contribution in [3.8, 4) is 11.1 Å². The standard InChI is InChI=1S/C25H27ClFNO4/c1-3-31-24(29)20-19(17-12-11-16(27)13-18(17)26)21(25(30)32-4-2)23(15-9-6-10-15)28-22(20)14-7-5-8-14/h11-15H,3-10H2,1-2H3. The van der Waals surface area contributed by atoms with Crippen molar-refractivity contribution < 1.29 is 23.5 Å². The highest BCUT2D eigenvalue weighted by atomic mass is 35.5. The predicted molar refractivity (Wildman–Crippen MR) is 120 cm³/mol. The van der Waals surface area contributed by atoms with Crippen LogP contribution in [0, 0.1) is 5.82 Å². The minimum Gasteiger partial charge on any atom is -0.462 e. The number of ether oxygens (including phenoxy) is 2. The largest absolute Gasteiger partial charge is 0.462 e. The number of aromatic nitrogens is 1. The SMILES string of the molecule is CCOC(=O)c1c(C2CCC2)nc(C2CCC2)c(C(=O)OCC)c1-c1ccc(F)cc1Cl. The number of pyridine rings is 1. The number of halogens is 2. The molecule has 0 atom stereocenters. The number of benzene rings is 1. The Hall–Kier alpha value is -2.47. The van der Waals surface area contributed by atoms with Crippen LogP contribution in [0.5, 0.6) is 0 Å². The molecule has 2 saturated carbocycles. The molecule has 0 spiro atoms. The zero-order valence-corrected chi connectivity index (χ0v) is 19.1. The Morgan fingerprint density at radius 3 is 1.84 bits per heavy atom. The third-order valence-corrected chi connectivity index (χ3v) is 6.71. The summed E-state index contributed by atoms with van der Waals surface area (Å²) in [5.41, 5.74) is 2.56. The lowest BCUT2D eigenvalue weighted by molar-refractivity contribution is 0.0522. The van der Waals surface area contributed by atoms with Crippen LogP contribution < -0.4 is 0 Å². The van der Waals surface area contributed by atoms with Gasteiger partial charge in [0.2, 0.25) is 0 Å². The number of carbonyl (C=O) groups is 2. The smallest absolute Gasteiger partial charge is 0.340 e. The Kier molecular flexibility index (Phi) is 6.79. The average molecular weight is 460 g/mol. The second-order valence-corrected chi connectivity index (χ2v) is 8.74. The van der Waals surface area contributed by atoms with Crippen LogP contribution in [0.1, 0.15) is 96.3 Å². The number of carbonyl (C=O) groups excluding carboxylic acids is 2. The maximum absolute atomic E-state index is 13.9. The highest BCUT2D eigenvalue weighted by molar-refractivity contribution is 6.34. The van der Waals surface area contributed by atoms with E-state index in [9.17, 15) is 14.0 Å². The Morgan fingerprint density at radius 1 is 0.969 bits per heavy atom. The van der Waals surface area contributed by atoms with Gasteiger partial charge in [-0.3, -0.25) is 4.98 Å². The molecule has 0 saturated heterocycles. The Balaban J connectivity index is 2.08. The normalized spacial score (nSPS) is 16.2. The van der Waals surface area contributed by atoms with Crippen molar-refractivity contribution in [2.24, 2.45) is 0 Å². The highest BCUT2D eigenvalue weighted by Crippen LogP contribution is 2.47. The molecule has 7 heteroatoms. The second kappa shape index (κ2) is 9.57. The van der Waals surface area contributed by atoms with Crippen LogP contribution in [0.4, 0.5) is 4.39 Å². The van der Waals surface area contributed by atoms with E-state index in [1.807, 2.05) is 0 Å². The highest BCUT2D eigenvalue weighted by Gasteiger charge is 2.38. The molecule has 2 aliphatic rings. The van der Waals surface area contributed by atoms with Crippen molar-refractivity contribution in [3.05, 3.63) is 51.6 Å². The van der Waals surface area contributed by atoms with Crippen molar-refractivity contribution in [1.29, 1.82) is 0 Å². The average Bonchev–Trinajstić information content (AvgIpc) is 2.65. The molecule has 0 bridgehead atoms. The van der Waals surface area contributed by atoms with Crippen LogP contribution in [0.3, 0.4) is 0 Å². The molecule has 32 heavy (non-hydrogen) atoms. The van der Waals surface area contributed by atoms with Gasteiger partial charge in [0.15, 0.2) is 0 Å². The van der Waals surface area contributed by atoms with E-state index in [1.54, 1.807) is 13.8 Å². The summed E-state index contributed by atoms with van der Waals surface area (Å²) in [6.45, 7) is 3.82. The maximum atomic E-state index is 13.9. The van der Waals surface area contributed by atoms with E-state index in [-0.39, 0.29) is 41.2 Å². The van der Waals surface area contributed by atoms with E-state index in [1.165, 1.54) is 18.2 Å². The van der Waals surface area contributed by atoms with Gasteiger partial charge in [0.25, 0.3) is 0 Å². The van der Waals surface area contributed by atoms with Gasteiger partial charge in [-0.05, 0) is 57.7 Å². The van der Waals surface area contributed by atoms with E-state index in [4.69, 9.17) is 26.1 Å². The van der Waals surface area contributed by atoms with Gasteiger partial charge in [-0.2, -0.15) is 0 Å². The van der Waals surface area contributed by atoms with Crippen molar-refractivity contribution in [3.63, 3.8) is 0 Å². The van der Waals surface area contributed by atoms with Crippen LogP contribution in [-0.4, -0.2) is 30.1 Å². The van der Waals surface area contributed by atoms with Gasteiger partial charge in [-0.1, -0.05) is 24.4 Å². The van der Waals surface area contributed by atoms with Crippen LogP contribution in [-0.2, 0) is 9.47 Å². The third-order valence-electron chi connectivity index (χ3n) is 6.40. The molecular weight excluding hydrogens is 433 g/mol. The number of nitrogens with zero attached hydrogens (tertiary/aromatic N) is 1. The molecule has 1 aromatic carbocycles. The summed E-state index contributed by atoms with van der Waals surface area (Å²) in [5.74, 6) is -1.38. The summed E-state index contributed by atoms with van der Waals surface area (Å²) in [7, 11) is 0. The Labute approximate surface area is 192 Å². The molecule has 0 unspecified atom stereocenters. The molecule has 0 N–H and O–H groups in total. The number of rotatable bonds is 7. The van der Waals surface area contributed by atoms with E-state index >= 15 is 0 Å². The first kappa shape index (κ1) is 22.7. The Morgan fingerprint density at radius 2 is 1.47 bits per heavy atom. The van der Waals surface area contributed by atoms with Gasteiger partial charge in [-0.15, -0.1) is 0 Å². The van der Waals surface area contributed by atoms with Gasteiger partial charge in [-0.25, -0.2) is 14.0 Å². The zero-order valence-electron chi connectivity index (χ0n) is 18.4. The first-order valence-corrected chi connectivity index (χ1v) is 11.7. The number of hydrogen-bond donors (Lipinski definition) is 0. The fraction of sp³-hybridized carbons (Fsp3) is 0.480. The molecule has 2 fully saturated rings. The van der Waals surface area contributed by atoms with Crippen LogP contribution >= 0.6 is 11.6 Å². The lowest BCUT2D eigenvalue weighted by atomic mass is 9.75. The molecule has 0 aliphatic heterocycles. The lowest BCUT2D eigenvalue weighted by Gasteiger charge is -2.33. The van der Waals surface area contributed by atoms with E-state index in [2.05, 4.69) is 0 Å². The molecule has 0 amide bonds. The number of esters is 2. The first-order valence-electron chi connectivity index (χ1n) is 11.3. The first-order chi connectivity index (χ1) is 15.5. The molecule has 1 aromatic heterocycles. The van der Waals surface area contributed by atoms with Gasteiger partial charge in [0.1, 0.15) is 5.82 Å². The van der Waals surface area contributed by atoms with Crippen LogP contribution in [0.25, 0.3) is 11.1 Å². The van der Waals surface area contributed by atoms with E-state index in [0.717, 1.165) is 38.5 Å². The molecule has 2 aromatic rings. The van der Waals surface area contributed by atoms with Gasteiger partial charge in [0, 0.05) is 23.0 Å². The molecule has 1 heterocycles. The summed E-state index contributed by atoms with van der Waals surface area (Å²) in [6.07, 6.45) is 5.77. The third kappa shape index (κ3) is 4.13. The summed E-state index contributed by atoms with van der Waals surface area (Å²) < 4.78 is 24.7. The molecule has 2 aliphatic carbocycles. The van der Waals surface area contributed by atoms with Crippen LogP contribution in [0.15, 0.2) is 18.2 Å². The predicted octanol–water partition coefficient (Wildman–Crippen LogP) is 6.43. The molecule has 170 valence electrons. The van der Waals surface area contributed by atoms with Crippen molar-refractivity contribution in [1.82, 2.24) is 4.98 Å². The topological polar surface area (TPSA) is 65.5 Å². The molecule has 4 rings (SSSR count). The molecule has 0 radical (unpaired) electrons. The van der Waals surface area contributed by atoms with Gasteiger partial charge >= 0.3 is 11.9 Å². The quantitative estimate of drug-likeness (QED) is 0.446. The maximum Gasteiger partial charge on any atom is 0.340 e. The van der Waals surface area contributed by atoms with Crippen molar-refractivity contribution >= 4 is 23.5 Å². The summed E-state index contributed by atoms with van der Waals surface area (Å²) >= 11 is 6.47. The summed E-state index contributed by atoms with van der Waals surface area (Å²) in [5, 5.41) is 0.117. The van der Waals surface area contributed by atoms with Crippen LogP contribution in [0.2, 0.25) is 5.02 Å². The second-order valence-electron chi connectivity index (χ2n) is 8.33. The van der Waals surface area contributed by atoms with Gasteiger partial charge < -0.3 is 9.47 Å². The fourth-order valence-electron chi connectivity index (χ4n) is 4.36. The fourth-order valence-corrected chi connectivity index (χ4v) is 4.62. The molecule has 5 nitrogen and oxygen atoms in total. The molecular formula is C25H27ClFNO4. The van der Waals surface area contributed by atoms with Gasteiger partial charge in [0.05, 0.1) is 40.8 Å². The number of hydrogen-bond acceptors (Lipinski definition) is 5. The summed E-state index contributed by atoms with van der Waals surface area (Å²) in [4.78, 5) is 31.4. The van der Waals surface area contributed by atoms with Crippen molar-refractivity contribution in [2.45, 2.75) is 64.2 Å². The Bertz CT molecular complexity index is 992. The zero-order chi connectivity index (χ0) is 22.8. The minimum absolute atomic E-state index is 0.113. The van der Waals surface area contributed by atoms with E-state index in [0.29, 0.717) is 22.5 Å². The summed E-state index contributed by atoms with van der Waals surface area (Å²) in [6, 6.07) is 3.97. The van der Waals surface area contributed by atoms with Crippen molar-refractivity contribution in [2.75, 3.05) is 13.2 Å².